The van der Waals surface area contributed by atoms with Crippen LogP contribution in [0.3, 0.4) is 0 Å². The Balaban J connectivity index is 1.77. The predicted octanol–water partition coefficient (Wildman–Crippen LogP) is 2.04. The van der Waals surface area contributed by atoms with Crippen LogP contribution in [-0.2, 0) is 10.0 Å². The van der Waals surface area contributed by atoms with Crippen LogP contribution in [-0.4, -0.2) is 51.5 Å². The maximum atomic E-state index is 12.3. The predicted molar refractivity (Wildman–Crippen MR) is 92.2 cm³/mol. The zero-order chi connectivity index (χ0) is 16.7. The molecule has 0 radical (unpaired) electrons. The van der Waals surface area contributed by atoms with Crippen LogP contribution in [0.1, 0.15) is 31.4 Å². The minimum absolute atomic E-state index is 0.127. The molecule has 24 heavy (non-hydrogen) atoms. The fraction of sp³-hybridized carbons (Fsp3) is 0.438. The van der Waals surface area contributed by atoms with Crippen molar-refractivity contribution in [2.75, 3.05) is 18.8 Å². The number of pyridine rings is 1. The molecule has 4 heterocycles. The number of hydrogen-bond acceptors (Lipinski definition) is 5. The lowest BCUT2D eigenvalue weighted by Crippen LogP contribution is -2.30. The van der Waals surface area contributed by atoms with Crippen molar-refractivity contribution in [2.45, 2.75) is 25.7 Å². The Hall–Kier alpha value is -2.06. The third-order valence-electron chi connectivity index (χ3n) is 4.62. The SMILES string of the molecule is CCCS(=O)(=O)N1CCC(c2[nH]cnc3cnc4nccc4c23)C1. The maximum absolute atomic E-state index is 12.3. The first-order valence-corrected chi connectivity index (χ1v) is 9.75. The van der Waals surface area contributed by atoms with Gasteiger partial charge in [0.1, 0.15) is 0 Å². The number of sulfonamides is 1. The van der Waals surface area contributed by atoms with E-state index >= 15 is 0 Å². The van der Waals surface area contributed by atoms with Gasteiger partial charge in [0.25, 0.3) is 0 Å². The van der Waals surface area contributed by atoms with Crippen LogP contribution in [0.5, 0.6) is 0 Å². The molecule has 0 saturated carbocycles. The van der Waals surface area contributed by atoms with Crippen molar-refractivity contribution in [3.63, 3.8) is 0 Å². The number of hydrogen-bond donors (Lipinski definition) is 1. The molecule has 0 aromatic carbocycles. The average molecular weight is 345 g/mol. The first kappa shape index (κ1) is 15.5. The lowest BCUT2D eigenvalue weighted by atomic mass is 9.99. The number of rotatable bonds is 4. The van der Waals surface area contributed by atoms with E-state index in [2.05, 4.69) is 19.9 Å². The van der Waals surface area contributed by atoms with Crippen molar-refractivity contribution in [1.82, 2.24) is 24.2 Å². The van der Waals surface area contributed by atoms with Gasteiger partial charge in [-0.05, 0) is 18.9 Å². The Bertz CT molecular complexity index is 998. The summed E-state index contributed by atoms with van der Waals surface area (Å²) >= 11 is 0. The van der Waals surface area contributed by atoms with E-state index in [0.29, 0.717) is 25.2 Å². The number of nitrogens with one attached hydrogen (secondary N) is 1. The van der Waals surface area contributed by atoms with Crippen LogP contribution in [0.25, 0.3) is 21.9 Å². The molecule has 1 unspecified atom stereocenters. The Morgan fingerprint density at radius 2 is 2.21 bits per heavy atom. The fourth-order valence-electron chi connectivity index (χ4n) is 3.50. The second-order valence-electron chi connectivity index (χ2n) is 6.18. The molecule has 7 nitrogen and oxygen atoms in total. The van der Waals surface area contributed by atoms with Gasteiger partial charge in [0, 0.05) is 41.7 Å². The van der Waals surface area contributed by atoms with Crippen molar-refractivity contribution >= 4 is 32.0 Å². The van der Waals surface area contributed by atoms with Gasteiger partial charge < -0.3 is 4.98 Å². The average Bonchev–Trinajstić information content (AvgIpc) is 3.23. The standard InChI is InChI=1S/C16H19N5O2S/c1-2-7-24(22,23)21-6-4-11(9-21)15-14-12-3-5-17-16(12)18-8-13(14)19-10-20-15/h3,5,8,10-11H,2,4,6-7,9H2,1H3,(H,19,20). The van der Waals surface area contributed by atoms with E-state index in [9.17, 15) is 8.42 Å². The third-order valence-corrected chi connectivity index (χ3v) is 6.66. The molecular weight excluding hydrogens is 326 g/mol. The van der Waals surface area contributed by atoms with Crippen LogP contribution < -0.4 is 0 Å². The van der Waals surface area contributed by atoms with Gasteiger partial charge in [-0.2, -0.15) is 0 Å². The van der Waals surface area contributed by atoms with E-state index in [-0.39, 0.29) is 11.7 Å². The van der Waals surface area contributed by atoms with Gasteiger partial charge in [-0.3, -0.25) is 0 Å². The number of fused-ring (bicyclic) bond motifs is 3. The largest absolute Gasteiger partial charge is 0.349 e. The minimum atomic E-state index is -3.16. The highest BCUT2D eigenvalue weighted by Crippen LogP contribution is 2.34. The van der Waals surface area contributed by atoms with E-state index in [1.807, 2.05) is 13.0 Å². The molecule has 4 rings (SSSR count). The summed E-state index contributed by atoms with van der Waals surface area (Å²) in [5, 5.41) is 1.96. The van der Waals surface area contributed by atoms with Gasteiger partial charge in [-0.25, -0.2) is 27.7 Å². The quantitative estimate of drug-likeness (QED) is 0.781. The monoisotopic (exact) mass is 345 g/mol. The van der Waals surface area contributed by atoms with Crippen molar-refractivity contribution in [3.8, 4) is 0 Å². The molecule has 0 amide bonds. The van der Waals surface area contributed by atoms with Crippen molar-refractivity contribution in [1.29, 1.82) is 0 Å². The lowest BCUT2D eigenvalue weighted by Gasteiger charge is -2.17. The van der Waals surface area contributed by atoms with Crippen molar-refractivity contribution in [3.05, 3.63) is 30.5 Å². The first-order chi connectivity index (χ1) is 11.6. The van der Waals surface area contributed by atoms with Gasteiger partial charge in [0.2, 0.25) is 10.0 Å². The fourth-order valence-corrected chi connectivity index (χ4v) is 5.06. The van der Waals surface area contributed by atoms with E-state index in [0.717, 1.165) is 28.4 Å². The molecule has 8 heteroatoms. The Morgan fingerprint density at radius 1 is 1.33 bits per heavy atom. The summed E-state index contributed by atoms with van der Waals surface area (Å²) in [5.41, 5.74) is 2.52. The zero-order valence-electron chi connectivity index (χ0n) is 13.4. The molecule has 0 aliphatic carbocycles. The van der Waals surface area contributed by atoms with Gasteiger partial charge in [-0.1, -0.05) is 6.92 Å². The molecule has 3 aromatic rings. The number of aromatic amines is 1. The third kappa shape index (κ3) is 2.46. The minimum Gasteiger partial charge on any atom is -0.349 e. The van der Waals surface area contributed by atoms with Gasteiger partial charge in [0.15, 0.2) is 5.65 Å². The van der Waals surface area contributed by atoms with Crippen LogP contribution in [0.4, 0.5) is 0 Å². The van der Waals surface area contributed by atoms with Gasteiger partial charge >= 0.3 is 0 Å². The summed E-state index contributed by atoms with van der Waals surface area (Å²) in [5.74, 6) is 0.337. The number of H-pyrrole nitrogens is 1. The summed E-state index contributed by atoms with van der Waals surface area (Å²) in [6, 6.07) is 1.93. The lowest BCUT2D eigenvalue weighted by molar-refractivity contribution is 0.471. The van der Waals surface area contributed by atoms with Crippen LogP contribution in [0.15, 0.2) is 24.8 Å². The first-order valence-electron chi connectivity index (χ1n) is 8.14. The summed E-state index contributed by atoms with van der Waals surface area (Å²) in [4.78, 5) is 16.2. The Labute approximate surface area is 140 Å². The molecule has 1 atom stereocenters. The topological polar surface area (TPSA) is 91.8 Å². The molecule has 1 aliphatic rings. The molecule has 126 valence electrons. The Kier molecular flexibility index (Phi) is 3.73. The Morgan fingerprint density at radius 3 is 3.04 bits per heavy atom. The number of nitrogens with zero attached hydrogens (tertiary/aromatic N) is 4. The summed E-state index contributed by atoms with van der Waals surface area (Å²) in [6.07, 6.45) is 6.56. The van der Waals surface area contributed by atoms with Crippen LogP contribution in [0.2, 0.25) is 0 Å². The highest BCUT2D eigenvalue weighted by atomic mass is 32.2. The zero-order valence-corrected chi connectivity index (χ0v) is 14.3. The van der Waals surface area contributed by atoms with Gasteiger partial charge in [0.05, 0.1) is 23.8 Å². The van der Waals surface area contributed by atoms with Crippen molar-refractivity contribution < 1.29 is 8.42 Å². The van der Waals surface area contributed by atoms with E-state index in [1.165, 1.54) is 0 Å². The number of aromatic nitrogens is 4. The van der Waals surface area contributed by atoms with E-state index in [1.54, 1.807) is 23.0 Å². The second kappa shape index (κ2) is 5.78. The highest BCUT2D eigenvalue weighted by Gasteiger charge is 2.33. The van der Waals surface area contributed by atoms with Crippen LogP contribution >= 0.6 is 0 Å². The second-order valence-corrected chi connectivity index (χ2v) is 8.26. The summed E-state index contributed by atoms with van der Waals surface area (Å²) in [7, 11) is -3.16. The summed E-state index contributed by atoms with van der Waals surface area (Å²) < 4.78 is 26.3. The molecule has 1 N–H and O–H groups in total. The molecule has 0 spiro atoms. The van der Waals surface area contributed by atoms with Crippen molar-refractivity contribution in [2.24, 2.45) is 0 Å². The normalized spacial score (nSPS) is 19.5. The molecule has 1 saturated heterocycles. The molecule has 1 fully saturated rings. The smallest absolute Gasteiger partial charge is 0.214 e. The molecular formula is C16H19N5O2S. The van der Waals surface area contributed by atoms with Crippen LogP contribution in [0, 0.1) is 0 Å². The summed E-state index contributed by atoms with van der Waals surface area (Å²) in [6.45, 7) is 2.97. The maximum Gasteiger partial charge on any atom is 0.214 e. The molecule has 0 bridgehead atoms. The molecule has 3 aromatic heterocycles. The van der Waals surface area contributed by atoms with Gasteiger partial charge in [-0.15, -0.1) is 0 Å². The van der Waals surface area contributed by atoms with E-state index in [4.69, 9.17) is 0 Å². The van der Waals surface area contributed by atoms with E-state index < -0.39 is 10.0 Å². The molecule has 1 aliphatic heterocycles. The highest BCUT2D eigenvalue weighted by molar-refractivity contribution is 7.89.